The molecule has 228 valence electrons. The van der Waals surface area contributed by atoms with Gasteiger partial charge in [-0.25, -0.2) is 4.98 Å². The molecule has 0 amide bonds. The predicted molar refractivity (Wildman–Crippen MR) is 202 cm³/mol. The van der Waals surface area contributed by atoms with Crippen molar-refractivity contribution >= 4 is 47.3 Å². The van der Waals surface area contributed by atoms with Crippen molar-refractivity contribution in [2.75, 3.05) is 9.34 Å². The molecule has 0 spiro atoms. The molecule has 1 unspecified atom stereocenters. The van der Waals surface area contributed by atoms with Gasteiger partial charge >= 0.3 is 0 Å². The van der Waals surface area contributed by atoms with E-state index < -0.39 is 8.22 Å². The average Bonchev–Trinajstić information content (AvgIpc) is 3.72. The molecule has 0 bridgehead atoms. The Hall–Kier alpha value is -5.96. The van der Waals surface area contributed by atoms with Gasteiger partial charge in [0.15, 0.2) is 0 Å². The zero-order valence-electron chi connectivity index (χ0n) is 26.1. The van der Waals surface area contributed by atoms with Gasteiger partial charge < -0.3 is 0 Å². The van der Waals surface area contributed by atoms with Gasteiger partial charge in [-0.1, -0.05) is 127 Å². The Labute approximate surface area is 281 Å². The van der Waals surface area contributed by atoms with E-state index in [4.69, 9.17) is 4.98 Å². The fourth-order valence-corrected chi connectivity index (χ4v) is 9.17. The molecule has 8 aromatic rings. The Bertz CT molecular complexity index is 2340. The highest BCUT2D eigenvalue weighted by Crippen LogP contribution is 2.65. The quantitative estimate of drug-likeness (QED) is 0.170. The monoisotopic (exact) mass is 634 g/mol. The number of anilines is 4. The van der Waals surface area contributed by atoms with Crippen molar-refractivity contribution in [2.45, 2.75) is 0 Å². The lowest BCUT2D eigenvalue weighted by molar-refractivity contribution is 1.10. The molecule has 1 aliphatic heterocycles. The van der Waals surface area contributed by atoms with E-state index in [1.807, 2.05) is 6.07 Å². The summed E-state index contributed by atoms with van der Waals surface area (Å²) in [6.07, 6.45) is 0. The normalized spacial score (nSPS) is 14.0. The van der Waals surface area contributed by atoms with Gasteiger partial charge in [-0.2, -0.15) is 0 Å². The maximum absolute atomic E-state index is 5.23. The summed E-state index contributed by atoms with van der Waals surface area (Å²) in [6, 6.07) is 67.0. The minimum atomic E-state index is -0.958. The molecule has 48 heavy (non-hydrogen) atoms. The summed E-state index contributed by atoms with van der Waals surface area (Å²) < 4.78 is 7.32. The number of nitrogens with zero attached hydrogens (tertiary/aromatic N) is 4. The van der Waals surface area contributed by atoms with Gasteiger partial charge in [0.1, 0.15) is 14.0 Å². The average molecular weight is 635 g/mol. The molecule has 1 atom stereocenters. The van der Waals surface area contributed by atoms with E-state index in [0.29, 0.717) is 0 Å². The molecule has 4 nitrogen and oxygen atoms in total. The van der Waals surface area contributed by atoms with Crippen LogP contribution in [0.15, 0.2) is 188 Å². The van der Waals surface area contributed by atoms with Crippen LogP contribution >= 0.6 is 8.22 Å². The van der Waals surface area contributed by atoms with Crippen LogP contribution in [0.2, 0.25) is 0 Å². The summed E-state index contributed by atoms with van der Waals surface area (Å²) in [6.45, 7) is 0. The SMILES string of the molecule is c1ccc(-c2nc3cc(-c4ccc5c(c4)N(c4ccccc4)P(c4ccccc4)N5c4ccccc4)ccc3n2-c2ccccc2)cc1. The van der Waals surface area contributed by atoms with E-state index in [1.54, 1.807) is 0 Å². The Balaban J connectivity index is 1.22. The Kier molecular flexibility index (Phi) is 7.07. The molecule has 7 aromatic carbocycles. The topological polar surface area (TPSA) is 24.3 Å². The van der Waals surface area contributed by atoms with Crippen molar-refractivity contribution in [3.8, 4) is 28.2 Å². The molecule has 0 N–H and O–H groups in total. The molecular weight excluding hydrogens is 603 g/mol. The Morgan fingerprint density at radius 2 is 0.896 bits per heavy atom. The fraction of sp³-hybridized carbons (Fsp3) is 0. The minimum absolute atomic E-state index is 0.935. The van der Waals surface area contributed by atoms with Crippen LogP contribution < -0.4 is 14.6 Å². The van der Waals surface area contributed by atoms with Crippen LogP contribution in [0.4, 0.5) is 22.7 Å². The van der Waals surface area contributed by atoms with Crippen LogP contribution in [-0.4, -0.2) is 9.55 Å². The van der Waals surface area contributed by atoms with Crippen LogP contribution in [0.5, 0.6) is 0 Å². The van der Waals surface area contributed by atoms with Crippen LogP contribution in [0.25, 0.3) is 39.2 Å². The first-order valence-corrected chi connectivity index (χ1v) is 17.4. The first kappa shape index (κ1) is 28.3. The molecule has 2 heterocycles. The standard InChI is InChI=1S/C43H31N4P/c1-6-16-32(17-7-1)43-44-39-30-33(26-28-40(39)45(43)35-18-8-2-9-19-35)34-27-29-41-42(31-34)47(37-22-12-4-13-23-37)48(38-24-14-5-15-25-38)46(41)36-20-10-3-11-21-36/h1-31H. The third-order valence-corrected chi connectivity index (χ3v) is 11.2. The van der Waals surface area contributed by atoms with Crippen LogP contribution in [0, 0.1) is 0 Å². The first-order chi connectivity index (χ1) is 23.8. The van der Waals surface area contributed by atoms with Crippen LogP contribution in [0.1, 0.15) is 0 Å². The van der Waals surface area contributed by atoms with Gasteiger partial charge in [0.05, 0.1) is 22.4 Å². The zero-order chi connectivity index (χ0) is 31.9. The van der Waals surface area contributed by atoms with Gasteiger partial charge in [-0.15, -0.1) is 0 Å². The van der Waals surface area contributed by atoms with Crippen molar-refractivity contribution in [3.63, 3.8) is 0 Å². The van der Waals surface area contributed by atoms with E-state index in [0.717, 1.165) is 39.2 Å². The third kappa shape index (κ3) is 4.86. The highest BCUT2D eigenvalue weighted by atomic mass is 31.1. The molecule has 5 heteroatoms. The number of benzene rings is 7. The van der Waals surface area contributed by atoms with Crippen LogP contribution in [-0.2, 0) is 0 Å². The van der Waals surface area contributed by atoms with Gasteiger partial charge in [-0.05, 0) is 71.8 Å². The van der Waals surface area contributed by atoms with E-state index in [9.17, 15) is 0 Å². The van der Waals surface area contributed by atoms with Crippen LogP contribution in [0.3, 0.4) is 0 Å². The minimum Gasteiger partial charge on any atom is -0.297 e. The second-order valence-electron chi connectivity index (χ2n) is 11.8. The van der Waals surface area contributed by atoms with Gasteiger partial charge in [0.2, 0.25) is 0 Å². The molecule has 0 radical (unpaired) electrons. The van der Waals surface area contributed by atoms with Crippen molar-refractivity contribution in [1.82, 2.24) is 9.55 Å². The smallest absolute Gasteiger partial charge is 0.145 e. The zero-order valence-corrected chi connectivity index (χ0v) is 27.0. The molecule has 1 aliphatic rings. The molecule has 0 fully saturated rings. The van der Waals surface area contributed by atoms with E-state index in [2.05, 4.69) is 196 Å². The maximum atomic E-state index is 5.23. The van der Waals surface area contributed by atoms with Crippen molar-refractivity contribution in [1.29, 1.82) is 0 Å². The lowest BCUT2D eigenvalue weighted by Crippen LogP contribution is -2.21. The molecular formula is C43H31N4P. The van der Waals surface area contributed by atoms with E-state index in [1.165, 1.54) is 28.1 Å². The summed E-state index contributed by atoms with van der Waals surface area (Å²) in [7, 11) is -0.958. The molecule has 0 saturated carbocycles. The molecule has 9 rings (SSSR count). The third-order valence-electron chi connectivity index (χ3n) is 8.83. The Morgan fingerprint density at radius 1 is 0.396 bits per heavy atom. The summed E-state index contributed by atoms with van der Waals surface area (Å²) in [5.41, 5.74) is 11.3. The highest BCUT2D eigenvalue weighted by molar-refractivity contribution is 7.70. The number of para-hydroxylation sites is 3. The lowest BCUT2D eigenvalue weighted by atomic mass is 10.0. The van der Waals surface area contributed by atoms with Crippen molar-refractivity contribution < 1.29 is 0 Å². The number of hydrogen-bond acceptors (Lipinski definition) is 3. The molecule has 0 saturated heterocycles. The lowest BCUT2D eigenvalue weighted by Gasteiger charge is -2.32. The summed E-state index contributed by atoms with van der Waals surface area (Å²) >= 11 is 0. The number of imidazole rings is 1. The summed E-state index contributed by atoms with van der Waals surface area (Å²) in [5, 5.41) is 1.29. The second-order valence-corrected chi connectivity index (χ2v) is 13.7. The predicted octanol–water partition coefficient (Wildman–Crippen LogP) is 11.3. The van der Waals surface area contributed by atoms with Crippen molar-refractivity contribution in [3.05, 3.63) is 188 Å². The first-order valence-electron chi connectivity index (χ1n) is 16.2. The van der Waals surface area contributed by atoms with Gasteiger partial charge in [-0.3, -0.25) is 13.9 Å². The Morgan fingerprint density at radius 3 is 1.52 bits per heavy atom. The number of rotatable bonds is 6. The molecule has 1 aromatic heterocycles. The number of hydrogen-bond donors (Lipinski definition) is 0. The van der Waals surface area contributed by atoms with Gasteiger partial charge in [0, 0.05) is 27.9 Å². The van der Waals surface area contributed by atoms with Gasteiger partial charge in [0.25, 0.3) is 0 Å². The summed E-state index contributed by atoms with van der Waals surface area (Å²) in [5.74, 6) is 0.935. The van der Waals surface area contributed by atoms with E-state index >= 15 is 0 Å². The maximum Gasteiger partial charge on any atom is 0.145 e. The number of fused-ring (bicyclic) bond motifs is 2. The summed E-state index contributed by atoms with van der Waals surface area (Å²) in [4.78, 5) is 5.23. The second kappa shape index (κ2) is 12.0. The highest BCUT2D eigenvalue weighted by Gasteiger charge is 2.39. The molecule has 0 aliphatic carbocycles. The fourth-order valence-electron chi connectivity index (χ4n) is 6.65. The largest absolute Gasteiger partial charge is 0.297 e. The van der Waals surface area contributed by atoms with Crippen molar-refractivity contribution in [2.24, 2.45) is 0 Å². The van der Waals surface area contributed by atoms with E-state index in [-0.39, 0.29) is 0 Å². The number of aromatic nitrogens is 2.